The summed E-state index contributed by atoms with van der Waals surface area (Å²) in [6.45, 7) is 0. The summed E-state index contributed by atoms with van der Waals surface area (Å²) in [5, 5.41) is 1.56. The van der Waals surface area contributed by atoms with E-state index in [-0.39, 0.29) is 6.10 Å². The van der Waals surface area contributed by atoms with Gasteiger partial charge in [0.2, 0.25) is 0 Å². The van der Waals surface area contributed by atoms with Crippen LogP contribution in [0.4, 0.5) is 0 Å². The molecule has 0 aliphatic carbocycles. The molecule has 28 heavy (non-hydrogen) atoms. The summed E-state index contributed by atoms with van der Waals surface area (Å²) in [6, 6.07) is 15.4. The van der Waals surface area contributed by atoms with Crippen LogP contribution in [0.2, 0.25) is 0 Å². The number of hydrogen-bond acceptors (Lipinski definition) is 5. The molecular formula is C23H20O5. The predicted molar refractivity (Wildman–Crippen MR) is 107 cm³/mol. The van der Waals surface area contributed by atoms with Gasteiger partial charge in [-0.25, -0.2) is 4.79 Å². The zero-order valence-electron chi connectivity index (χ0n) is 15.9. The van der Waals surface area contributed by atoms with Crippen molar-refractivity contribution in [2.24, 2.45) is 0 Å². The Morgan fingerprint density at radius 3 is 2.43 bits per heavy atom. The lowest BCUT2D eigenvalue weighted by Gasteiger charge is -2.25. The van der Waals surface area contributed by atoms with E-state index < -0.39 is 5.97 Å². The van der Waals surface area contributed by atoms with Crippen LogP contribution in [0, 0.1) is 0 Å². The maximum Gasteiger partial charge on any atom is 0.338 e. The molecule has 1 atom stereocenters. The zero-order valence-corrected chi connectivity index (χ0v) is 15.9. The summed E-state index contributed by atoms with van der Waals surface area (Å²) in [4.78, 5) is 12.5. The average molecular weight is 376 g/mol. The number of hydrogen-bond donors (Lipinski definition) is 0. The normalized spacial score (nSPS) is 14.9. The van der Waals surface area contributed by atoms with Crippen LogP contribution in [0.1, 0.15) is 27.6 Å². The number of rotatable bonds is 4. The minimum Gasteiger partial charge on any atom is -0.493 e. The van der Waals surface area contributed by atoms with Gasteiger partial charge >= 0.3 is 5.97 Å². The first kappa shape index (κ1) is 17.9. The minimum atomic E-state index is -0.436. The molecule has 1 heterocycles. The van der Waals surface area contributed by atoms with Crippen molar-refractivity contribution in [3.05, 3.63) is 71.3 Å². The molecule has 3 aromatic rings. The van der Waals surface area contributed by atoms with Crippen molar-refractivity contribution in [3.63, 3.8) is 0 Å². The first-order valence-corrected chi connectivity index (χ1v) is 8.87. The molecule has 3 aromatic carbocycles. The molecule has 0 bridgehead atoms. The average Bonchev–Trinajstić information content (AvgIpc) is 2.77. The standard InChI is InChI=1S/C23H20O5/c1-25-20-12-10-15-17(22(20)26-2)13-18(23(24)27-3)16-9-11-19(28-21(15)16)14-7-5-4-6-8-14/h4-13,19H,1-3H3. The molecule has 5 heteroatoms. The number of carbonyl (C=O) groups excluding carboxylic acids is 1. The largest absolute Gasteiger partial charge is 0.493 e. The van der Waals surface area contributed by atoms with Crippen molar-refractivity contribution >= 4 is 22.8 Å². The monoisotopic (exact) mass is 376 g/mol. The summed E-state index contributed by atoms with van der Waals surface area (Å²) >= 11 is 0. The molecule has 0 N–H and O–H groups in total. The number of methoxy groups -OCH3 is 3. The highest BCUT2D eigenvalue weighted by Crippen LogP contribution is 2.45. The molecule has 0 aromatic heterocycles. The number of benzene rings is 3. The molecule has 142 valence electrons. The van der Waals surface area contributed by atoms with Crippen molar-refractivity contribution in [3.8, 4) is 17.2 Å². The Bertz CT molecular complexity index is 1070. The molecule has 5 nitrogen and oxygen atoms in total. The number of ether oxygens (including phenoxy) is 4. The summed E-state index contributed by atoms with van der Waals surface area (Å²) in [5.74, 6) is 1.31. The van der Waals surface area contributed by atoms with Crippen LogP contribution in [-0.4, -0.2) is 27.3 Å². The summed E-state index contributed by atoms with van der Waals surface area (Å²) in [6.07, 6.45) is 3.60. The summed E-state index contributed by atoms with van der Waals surface area (Å²) in [5.41, 5.74) is 2.14. The molecule has 0 amide bonds. The molecule has 0 spiro atoms. The van der Waals surface area contributed by atoms with E-state index in [1.165, 1.54) is 7.11 Å². The highest BCUT2D eigenvalue weighted by molar-refractivity contribution is 6.06. The molecule has 1 unspecified atom stereocenters. The molecule has 0 fully saturated rings. The highest BCUT2D eigenvalue weighted by atomic mass is 16.5. The maximum absolute atomic E-state index is 12.5. The smallest absolute Gasteiger partial charge is 0.338 e. The third-order valence-electron chi connectivity index (χ3n) is 4.87. The van der Waals surface area contributed by atoms with E-state index in [4.69, 9.17) is 18.9 Å². The third-order valence-corrected chi connectivity index (χ3v) is 4.87. The van der Waals surface area contributed by atoms with Crippen molar-refractivity contribution in [2.45, 2.75) is 6.10 Å². The van der Waals surface area contributed by atoms with Crippen LogP contribution in [0.5, 0.6) is 17.2 Å². The molecule has 1 aliphatic heterocycles. The number of carbonyl (C=O) groups is 1. The van der Waals surface area contributed by atoms with Gasteiger partial charge in [0.1, 0.15) is 11.9 Å². The van der Waals surface area contributed by atoms with Gasteiger partial charge in [-0.05, 0) is 29.8 Å². The Hall–Kier alpha value is -3.47. The van der Waals surface area contributed by atoms with Crippen molar-refractivity contribution in [2.75, 3.05) is 21.3 Å². The zero-order chi connectivity index (χ0) is 19.7. The molecule has 0 saturated heterocycles. The van der Waals surface area contributed by atoms with E-state index in [0.29, 0.717) is 28.4 Å². The van der Waals surface area contributed by atoms with E-state index in [1.807, 2.05) is 54.6 Å². The van der Waals surface area contributed by atoms with Crippen molar-refractivity contribution < 1.29 is 23.7 Å². The Morgan fingerprint density at radius 2 is 1.75 bits per heavy atom. The molecule has 4 rings (SSSR count). The van der Waals surface area contributed by atoms with Gasteiger partial charge in [0.05, 0.1) is 26.9 Å². The first-order valence-electron chi connectivity index (χ1n) is 8.87. The third kappa shape index (κ3) is 2.85. The van der Waals surface area contributed by atoms with Crippen LogP contribution < -0.4 is 14.2 Å². The first-order chi connectivity index (χ1) is 13.7. The maximum atomic E-state index is 12.5. The van der Waals surface area contributed by atoms with Crippen LogP contribution in [-0.2, 0) is 4.74 Å². The van der Waals surface area contributed by atoms with Gasteiger partial charge in [-0.15, -0.1) is 0 Å². The Labute approximate surface area is 163 Å². The van der Waals surface area contributed by atoms with Crippen LogP contribution in [0.25, 0.3) is 16.8 Å². The van der Waals surface area contributed by atoms with E-state index in [0.717, 1.165) is 16.3 Å². The van der Waals surface area contributed by atoms with Crippen LogP contribution in [0.15, 0.2) is 54.6 Å². The number of esters is 1. The lowest BCUT2D eigenvalue weighted by Crippen LogP contribution is -2.13. The topological polar surface area (TPSA) is 54.0 Å². The Balaban J connectivity index is 1.97. The predicted octanol–water partition coefficient (Wildman–Crippen LogP) is 4.79. The second-order valence-electron chi connectivity index (χ2n) is 6.36. The van der Waals surface area contributed by atoms with Gasteiger partial charge in [-0.2, -0.15) is 0 Å². The van der Waals surface area contributed by atoms with Gasteiger partial charge < -0.3 is 18.9 Å². The van der Waals surface area contributed by atoms with E-state index in [1.54, 1.807) is 20.3 Å². The highest BCUT2D eigenvalue weighted by Gasteiger charge is 2.26. The van der Waals surface area contributed by atoms with Crippen molar-refractivity contribution in [1.82, 2.24) is 0 Å². The van der Waals surface area contributed by atoms with Crippen LogP contribution >= 0.6 is 0 Å². The Morgan fingerprint density at radius 1 is 0.964 bits per heavy atom. The van der Waals surface area contributed by atoms with E-state index in [9.17, 15) is 4.79 Å². The van der Waals surface area contributed by atoms with E-state index >= 15 is 0 Å². The fourth-order valence-electron chi connectivity index (χ4n) is 3.52. The fourth-order valence-corrected chi connectivity index (χ4v) is 3.52. The van der Waals surface area contributed by atoms with Crippen molar-refractivity contribution in [1.29, 1.82) is 0 Å². The summed E-state index contributed by atoms with van der Waals surface area (Å²) in [7, 11) is 4.51. The molecular weight excluding hydrogens is 356 g/mol. The van der Waals surface area contributed by atoms with Gasteiger partial charge in [0, 0.05) is 16.3 Å². The second kappa shape index (κ2) is 7.27. The lowest BCUT2D eigenvalue weighted by atomic mass is 9.95. The SMILES string of the molecule is COC(=O)c1cc2c(OC)c(OC)ccc2c2c1C=CC(c1ccccc1)O2. The molecule has 1 aliphatic rings. The fraction of sp³-hybridized carbons (Fsp3) is 0.174. The molecule has 0 radical (unpaired) electrons. The minimum absolute atomic E-state index is 0.252. The van der Waals surface area contributed by atoms with Gasteiger partial charge in [0.25, 0.3) is 0 Å². The second-order valence-corrected chi connectivity index (χ2v) is 6.36. The summed E-state index contributed by atoms with van der Waals surface area (Å²) < 4.78 is 22.3. The van der Waals surface area contributed by atoms with Gasteiger partial charge in [-0.3, -0.25) is 0 Å². The Kier molecular flexibility index (Phi) is 4.65. The van der Waals surface area contributed by atoms with E-state index in [2.05, 4.69) is 0 Å². The lowest BCUT2D eigenvalue weighted by molar-refractivity contribution is 0.0600. The van der Waals surface area contributed by atoms with Gasteiger partial charge in [-0.1, -0.05) is 36.4 Å². The quantitative estimate of drug-likeness (QED) is 0.613. The van der Waals surface area contributed by atoms with Gasteiger partial charge in [0.15, 0.2) is 11.5 Å². The van der Waals surface area contributed by atoms with Crippen LogP contribution in [0.3, 0.4) is 0 Å². The number of fused-ring (bicyclic) bond motifs is 3. The molecule has 0 saturated carbocycles.